The average Bonchev–Trinajstić information content (AvgIpc) is 2.90. The maximum Gasteiger partial charge on any atom is 0.164 e. The van der Waals surface area contributed by atoms with Crippen LogP contribution in [0.2, 0.25) is 0 Å². The molecular weight excluding hydrogens is 316 g/mol. The Morgan fingerprint density at radius 1 is 1.32 bits per heavy atom. The third kappa shape index (κ3) is 3.22. The van der Waals surface area contributed by atoms with Crippen LogP contribution in [-0.4, -0.2) is 42.9 Å². The predicted molar refractivity (Wildman–Crippen MR) is 94.5 cm³/mol. The molecule has 2 unspecified atom stereocenters. The van der Waals surface area contributed by atoms with Crippen LogP contribution < -0.4 is 4.90 Å². The van der Waals surface area contributed by atoms with Crippen LogP contribution in [0.3, 0.4) is 0 Å². The van der Waals surface area contributed by atoms with Crippen molar-refractivity contribution in [3.05, 3.63) is 42.0 Å². The van der Waals surface area contributed by atoms with E-state index in [0.29, 0.717) is 0 Å². The molecule has 0 N–H and O–H groups in total. The van der Waals surface area contributed by atoms with Crippen molar-refractivity contribution in [2.75, 3.05) is 22.2 Å². The van der Waals surface area contributed by atoms with Crippen molar-refractivity contribution in [1.82, 2.24) is 0 Å². The molecule has 0 spiro atoms. The van der Waals surface area contributed by atoms with E-state index in [1.807, 2.05) is 30.3 Å². The largest absolute Gasteiger partial charge is 0.315 e. The van der Waals surface area contributed by atoms with Crippen LogP contribution in [0.4, 0.5) is 5.69 Å². The Kier molecular flexibility index (Phi) is 4.32. The van der Waals surface area contributed by atoms with E-state index in [1.165, 1.54) is 5.57 Å². The van der Waals surface area contributed by atoms with Crippen molar-refractivity contribution in [1.29, 1.82) is 0 Å². The second kappa shape index (κ2) is 6.08. The number of aliphatic imine (C=N–C) groups is 1. The SMILES string of the molecule is CC(C)=CCSC1=NC2CS(=O)(=O)CC2N1c1ccccc1. The van der Waals surface area contributed by atoms with Gasteiger partial charge in [-0.05, 0) is 26.0 Å². The Morgan fingerprint density at radius 3 is 2.73 bits per heavy atom. The fourth-order valence-corrected chi connectivity index (χ4v) is 5.81. The zero-order chi connectivity index (χ0) is 15.7. The lowest BCUT2D eigenvalue weighted by atomic mass is 10.1. The third-order valence-corrected chi connectivity index (χ3v) is 6.44. The molecule has 0 amide bonds. The smallest absolute Gasteiger partial charge is 0.164 e. The number of fused-ring (bicyclic) bond motifs is 1. The molecule has 3 rings (SSSR count). The molecule has 118 valence electrons. The number of rotatable bonds is 3. The third-order valence-electron chi connectivity index (χ3n) is 3.85. The number of thioether (sulfide) groups is 1. The summed E-state index contributed by atoms with van der Waals surface area (Å²) in [6, 6.07) is 9.78. The molecule has 0 radical (unpaired) electrons. The molecule has 2 aliphatic rings. The molecular formula is C16H20N2O2S2. The van der Waals surface area contributed by atoms with Crippen molar-refractivity contribution in [3.8, 4) is 0 Å². The Balaban J connectivity index is 1.88. The highest BCUT2D eigenvalue weighted by molar-refractivity contribution is 8.14. The first-order valence-electron chi connectivity index (χ1n) is 7.35. The normalized spacial score (nSPS) is 25.7. The number of nitrogens with zero attached hydrogens (tertiary/aromatic N) is 2. The summed E-state index contributed by atoms with van der Waals surface area (Å²) in [5.41, 5.74) is 2.30. The van der Waals surface area contributed by atoms with Crippen LogP contribution >= 0.6 is 11.8 Å². The van der Waals surface area contributed by atoms with E-state index >= 15 is 0 Å². The van der Waals surface area contributed by atoms with Crippen molar-refractivity contribution in [2.45, 2.75) is 25.9 Å². The minimum atomic E-state index is -2.97. The van der Waals surface area contributed by atoms with Gasteiger partial charge in [0.2, 0.25) is 0 Å². The summed E-state index contributed by atoms with van der Waals surface area (Å²) < 4.78 is 23.8. The van der Waals surface area contributed by atoms with Gasteiger partial charge in [-0.2, -0.15) is 0 Å². The van der Waals surface area contributed by atoms with E-state index < -0.39 is 9.84 Å². The summed E-state index contributed by atoms with van der Waals surface area (Å²) in [5, 5.41) is 0.939. The topological polar surface area (TPSA) is 49.7 Å². The highest BCUT2D eigenvalue weighted by Gasteiger charge is 2.46. The lowest BCUT2D eigenvalue weighted by molar-refractivity contribution is 0.601. The van der Waals surface area contributed by atoms with Crippen LogP contribution in [0.5, 0.6) is 0 Å². The Bertz CT molecular complexity index is 707. The second-order valence-corrected chi connectivity index (χ2v) is 9.06. The number of allylic oxidation sites excluding steroid dienone is 1. The zero-order valence-corrected chi connectivity index (χ0v) is 14.4. The van der Waals surface area contributed by atoms with Gasteiger partial charge in [0.25, 0.3) is 0 Å². The number of benzene rings is 1. The number of para-hydroxylation sites is 1. The molecule has 4 nitrogen and oxygen atoms in total. The lowest BCUT2D eigenvalue weighted by Crippen LogP contribution is -2.39. The molecule has 2 aliphatic heterocycles. The van der Waals surface area contributed by atoms with Crippen LogP contribution in [0.1, 0.15) is 13.8 Å². The minimum absolute atomic E-state index is 0.0541. The number of amidine groups is 1. The Morgan fingerprint density at radius 2 is 2.05 bits per heavy atom. The lowest BCUT2D eigenvalue weighted by Gasteiger charge is -2.26. The van der Waals surface area contributed by atoms with Crippen molar-refractivity contribution in [3.63, 3.8) is 0 Å². The molecule has 0 aromatic heterocycles. The predicted octanol–water partition coefficient (Wildman–Crippen LogP) is 2.73. The summed E-state index contributed by atoms with van der Waals surface area (Å²) in [6.07, 6.45) is 2.17. The maximum absolute atomic E-state index is 11.9. The maximum atomic E-state index is 11.9. The molecule has 2 heterocycles. The zero-order valence-electron chi connectivity index (χ0n) is 12.8. The van der Waals surface area contributed by atoms with Crippen LogP contribution in [-0.2, 0) is 9.84 Å². The monoisotopic (exact) mass is 336 g/mol. The number of hydrogen-bond donors (Lipinski definition) is 0. The van der Waals surface area contributed by atoms with Crippen LogP contribution in [0.15, 0.2) is 47.0 Å². The number of anilines is 1. The van der Waals surface area contributed by atoms with E-state index in [0.717, 1.165) is 16.6 Å². The van der Waals surface area contributed by atoms with E-state index in [1.54, 1.807) is 11.8 Å². The second-order valence-electron chi connectivity index (χ2n) is 5.92. The van der Waals surface area contributed by atoms with Gasteiger partial charge in [0, 0.05) is 11.4 Å². The molecule has 1 fully saturated rings. The number of hydrogen-bond acceptors (Lipinski definition) is 5. The van der Waals surface area contributed by atoms with Crippen molar-refractivity contribution < 1.29 is 8.42 Å². The first-order chi connectivity index (χ1) is 10.5. The number of sulfone groups is 1. The van der Waals surface area contributed by atoms with Crippen LogP contribution in [0.25, 0.3) is 0 Å². The van der Waals surface area contributed by atoms with Gasteiger partial charge in [-0.15, -0.1) is 0 Å². The molecule has 22 heavy (non-hydrogen) atoms. The van der Waals surface area contributed by atoms with Gasteiger partial charge in [0.05, 0.1) is 23.6 Å². The summed E-state index contributed by atoms with van der Waals surface area (Å²) in [7, 11) is -2.97. The van der Waals surface area contributed by atoms with Gasteiger partial charge in [-0.25, -0.2) is 8.42 Å². The van der Waals surface area contributed by atoms with E-state index in [9.17, 15) is 8.42 Å². The highest BCUT2D eigenvalue weighted by atomic mass is 32.2. The molecule has 1 aromatic rings. The van der Waals surface area contributed by atoms with Crippen molar-refractivity contribution >= 4 is 32.5 Å². The van der Waals surface area contributed by atoms with Crippen molar-refractivity contribution in [2.24, 2.45) is 4.99 Å². The molecule has 0 bridgehead atoms. The summed E-state index contributed by atoms with van der Waals surface area (Å²) in [4.78, 5) is 6.81. The molecule has 2 atom stereocenters. The summed E-state index contributed by atoms with van der Waals surface area (Å²) in [6.45, 7) is 4.15. The Hall–Kier alpha value is -1.27. The minimum Gasteiger partial charge on any atom is -0.315 e. The van der Waals surface area contributed by atoms with Gasteiger partial charge < -0.3 is 4.90 Å². The average molecular weight is 336 g/mol. The molecule has 1 saturated heterocycles. The molecule has 1 aromatic carbocycles. The quantitative estimate of drug-likeness (QED) is 0.797. The van der Waals surface area contributed by atoms with Gasteiger partial charge in [0.1, 0.15) is 0 Å². The van der Waals surface area contributed by atoms with Gasteiger partial charge >= 0.3 is 0 Å². The summed E-state index contributed by atoms with van der Waals surface area (Å²) >= 11 is 1.68. The first kappa shape index (κ1) is 15.6. The fraction of sp³-hybridized carbons (Fsp3) is 0.438. The molecule has 0 saturated carbocycles. The highest BCUT2D eigenvalue weighted by Crippen LogP contribution is 2.34. The van der Waals surface area contributed by atoms with E-state index in [4.69, 9.17) is 4.99 Å². The molecule has 6 heteroatoms. The summed E-state index contributed by atoms with van der Waals surface area (Å²) in [5.74, 6) is 1.23. The molecule has 0 aliphatic carbocycles. The standard InChI is InChI=1S/C16H20N2O2S2/c1-12(2)8-9-21-16-17-14-10-22(19,20)11-15(14)18(16)13-6-4-3-5-7-13/h3-8,14-15H,9-11H2,1-2H3. The van der Waals surface area contributed by atoms with Crippen LogP contribution in [0, 0.1) is 0 Å². The van der Waals surface area contributed by atoms with Gasteiger partial charge in [-0.3, -0.25) is 4.99 Å². The van der Waals surface area contributed by atoms with Gasteiger partial charge in [0.15, 0.2) is 15.0 Å². The fourth-order valence-electron chi connectivity index (χ4n) is 2.81. The van der Waals surface area contributed by atoms with E-state index in [-0.39, 0.29) is 23.6 Å². The van der Waals surface area contributed by atoms with Gasteiger partial charge in [-0.1, -0.05) is 41.6 Å². The Labute approximate surface area is 136 Å². The first-order valence-corrected chi connectivity index (χ1v) is 10.2. The van der Waals surface area contributed by atoms with E-state index in [2.05, 4.69) is 24.8 Å².